The van der Waals surface area contributed by atoms with Crippen LogP contribution in [0.1, 0.15) is 40.5 Å². The molecule has 0 aliphatic heterocycles. The minimum Gasteiger partial charge on any atom is -0.0845 e. The van der Waals surface area contributed by atoms with Gasteiger partial charge in [0, 0.05) is 0 Å². The smallest absolute Gasteiger partial charge is 0.0311 e. The molecule has 0 heteroatoms. The zero-order valence-electron chi connectivity index (χ0n) is 8.72. The van der Waals surface area contributed by atoms with E-state index in [1.54, 1.807) is 0 Å². The zero-order chi connectivity index (χ0) is 9.40. The van der Waals surface area contributed by atoms with E-state index in [0.717, 1.165) is 12.8 Å². The molecule has 0 unspecified atom stereocenters. The first kappa shape index (κ1) is 11.2. The van der Waals surface area contributed by atoms with E-state index in [9.17, 15) is 0 Å². The molecule has 0 saturated carbocycles. The van der Waals surface area contributed by atoms with E-state index in [4.69, 9.17) is 0 Å². The summed E-state index contributed by atoms with van der Waals surface area (Å²) in [6.45, 7) is 8.59. The van der Waals surface area contributed by atoms with Gasteiger partial charge < -0.3 is 0 Å². The molecule has 0 bridgehead atoms. The quantitative estimate of drug-likeness (QED) is 0.545. The van der Waals surface area contributed by atoms with Gasteiger partial charge in [-0.3, -0.25) is 0 Å². The molecule has 0 spiro atoms. The Hall–Kier alpha value is -0.780. The number of allylic oxidation sites excluding steroid dienone is 6. The summed E-state index contributed by atoms with van der Waals surface area (Å²) in [7, 11) is 0. The van der Waals surface area contributed by atoms with Crippen molar-refractivity contribution in [1.29, 1.82) is 0 Å². The number of hydrogen-bond donors (Lipinski definition) is 0. The summed E-state index contributed by atoms with van der Waals surface area (Å²) in [6, 6.07) is 0. The van der Waals surface area contributed by atoms with Gasteiger partial charge in [-0.05, 0) is 26.7 Å². The average molecular weight is 164 g/mol. The Morgan fingerprint density at radius 2 is 1.83 bits per heavy atom. The Morgan fingerprint density at radius 3 is 2.25 bits per heavy atom. The van der Waals surface area contributed by atoms with Crippen molar-refractivity contribution in [3.8, 4) is 0 Å². The number of hydrogen-bond acceptors (Lipinski definition) is 0. The van der Waals surface area contributed by atoms with Crippen LogP contribution in [0.2, 0.25) is 0 Å². The van der Waals surface area contributed by atoms with Gasteiger partial charge in [0.25, 0.3) is 0 Å². The Labute approximate surface area is 76.7 Å². The normalized spacial score (nSPS) is 14.3. The van der Waals surface area contributed by atoms with E-state index in [2.05, 4.69) is 52.0 Å². The fourth-order valence-corrected chi connectivity index (χ4v) is 0.872. The van der Waals surface area contributed by atoms with E-state index in [-0.39, 0.29) is 0 Å². The fraction of sp³-hybridized carbons (Fsp3) is 0.500. The summed E-state index contributed by atoms with van der Waals surface area (Å²) in [5.41, 5.74) is 2.83. The lowest BCUT2D eigenvalue weighted by Gasteiger charge is -1.93. The van der Waals surface area contributed by atoms with Gasteiger partial charge in [-0.25, -0.2) is 0 Å². The molecule has 0 rings (SSSR count). The van der Waals surface area contributed by atoms with Crippen LogP contribution in [-0.4, -0.2) is 0 Å². The third-order valence-corrected chi connectivity index (χ3v) is 2.03. The van der Waals surface area contributed by atoms with Crippen LogP contribution >= 0.6 is 0 Å². The number of rotatable bonds is 4. The van der Waals surface area contributed by atoms with Gasteiger partial charge in [0.1, 0.15) is 0 Å². The Morgan fingerprint density at radius 1 is 1.17 bits per heavy atom. The van der Waals surface area contributed by atoms with Crippen LogP contribution in [0.15, 0.2) is 35.5 Å². The second-order valence-electron chi connectivity index (χ2n) is 2.94. The molecule has 0 aromatic rings. The maximum atomic E-state index is 2.18. The van der Waals surface area contributed by atoms with Gasteiger partial charge in [0.15, 0.2) is 0 Å². The van der Waals surface area contributed by atoms with Crippen molar-refractivity contribution in [3.05, 3.63) is 35.5 Å². The van der Waals surface area contributed by atoms with Crippen molar-refractivity contribution >= 4 is 0 Å². The molecule has 0 aliphatic rings. The molecule has 68 valence electrons. The standard InChI is InChI=1S/C12H20/c1-5-11(4)9-8-10-12(6-2)7-3/h6,8-10H,5,7H2,1-4H3/b10-8-,11-9+,12-6-. The second kappa shape index (κ2) is 6.90. The first-order valence-electron chi connectivity index (χ1n) is 4.73. The van der Waals surface area contributed by atoms with Gasteiger partial charge in [0.05, 0.1) is 0 Å². The van der Waals surface area contributed by atoms with Crippen molar-refractivity contribution < 1.29 is 0 Å². The minimum atomic E-state index is 1.12. The van der Waals surface area contributed by atoms with Crippen LogP contribution in [0.3, 0.4) is 0 Å². The second-order valence-corrected chi connectivity index (χ2v) is 2.94. The van der Waals surface area contributed by atoms with Crippen LogP contribution in [-0.2, 0) is 0 Å². The van der Waals surface area contributed by atoms with E-state index < -0.39 is 0 Å². The van der Waals surface area contributed by atoms with Crippen molar-refractivity contribution in [2.24, 2.45) is 0 Å². The summed E-state index contributed by atoms with van der Waals surface area (Å²) in [4.78, 5) is 0. The lowest BCUT2D eigenvalue weighted by Crippen LogP contribution is -1.72. The molecule has 0 fully saturated rings. The molecule has 0 radical (unpaired) electrons. The Kier molecular flexibility index (Phi) is 6.45. The maximum Gasteiger partial charge on any atom is -0.0311 e. The highest BCUT2D eigenvalue weighted by molar-refractivity contribution is 5.22. The first-order valence-corrected chi connectivity index (χ1v) is 4.73. The van der Waals surface area contributed by atoms with E-state index in [1.165, 1.54) is 11.1 Å². The van der Waals surface area contributed by atoms with Crippen molar-refractivity contribution in [3.63, 3.8) is 0 Å². The predicted molar refractivity (Wildman–Crippen MR) is 57.2 cm³/mol. The summed E-state index contributed by atoms with van der Waals surface area (Å²) in [5.74, 6) is 0. The summed E-state index contributed by atoms with van der Waals surface area (Å²) in [5, 5.41) is 0. The molecule has 12 heavy (non-hydrogen) atoms. The van der Waals surface area contributed by atoms with Gasteiger partial charge >= 0.3 is 0 Å². The molecule has 0 saturated heterocycles. The van der Waals surface area contributed by atoms with E-state index in [0.29, 0.717) is 0 Å². The van der Waals surface area contributed by atoms with Crippen LogP contribution in [0, 0.1) is 0 Å². The molecule has 0 atom stereocenters. The highest BCUT2D eigenvalue weighted by Gasteiger charge is 1.83. The lowest BCUT2D eigenvalue weighted by molar-refractivity contribution is 1.10. The van der Waals surface area contributed by atoms with Crippen molar-refractivity contribution in [2.75, 3.05) is 0 Å². The molecule has 0 amide bonds. The highest BCUT2D eigenvalue weighted by Crippen LogP contribution is 2.03. The van der Waals surface area contributed by atoms with Crippen LogP contribution in [0.4, 0.5) is 0 Å². The molecule has 0 heterocycles. The molecular formula is C12H20. The topological polar surface area (TPSA) is 0 Å². The van der Waals surface area contributed by atoms with Crippen molar-refractivity contribution in [1.82, 2.24) is 0 Å². The maximum absolute atomic E-state index is 2.18. The SMILES string of the molecule is C\C=C(/C=C\C=C(/C)CC)CC. The molecule has 0 aromatic carbocycles. The van der Waals surface area contributed by atoms with Crippen LogP contribution in [0.25, 0.3) is 0 Å². The van der Waals surface area contributed by atoms with Gasteiger partial charge in [-0.15, -0.1) is 0 Å². The van der Waals surface area contributed by atoms with Gasteiger partial charge in [0.2, 0.25) is 0 Å². The van der Waals surface area contributed by atoms with Gasteiger partial charge in [-0.1, -0.05) is 49.3 Å². The Balaban J connectivity index is 4.07. The molecule has 0 aliphatic carbocycles. The third-order valence-electron chi connectivity index (χ3n) is 2.03. The summed E-state index contributed by atoms with van der Waals surface area (Å²) < 4.78 is 0. The summed E-state index contributed by atoms with van der Waals surface area (Å²) >= 11 is 0. The third kappa shape index (κ3) is 4.95. The average Bonchev–Trinajstić information content (AvgIpc) is 2.12. The first-order chi connectivity index (χ1) is 5.74. The molecule has 0 N–H and O–H groups in total. The largest absolute Gasteiger partial charge is 0.0845 e. The van der Waals surface area contributed by atoms with Gasteiger partial charge in [-0.2, -0.15) is 0 Å². The zero-order valence-corrected chi connectivity index (χ0v) is 8.72. The fourth-order valence-electron chi connectivity index (χ4n) is 0.872. The molecular weight excluding hydrogens is 144 g/mol. The van der Waals surface area contributed by atoms with Crippen molar-refractivity contribution in [2.45, 2.75) is 40.5 Å². The minimum absolute atomic E-state index is 1.12. The monoisotopic (exact) mass is 164 g/mol. The lowest BCUT2D eigenvalue weighted by atomic mass is 10.1. The predicted octanol–water partition coefficient (Wildman–Crippen LogP) is 4.26. The van der Waals surface area contributed by atoms with Crippen LogP contribution in [0.5, 0.6) is 0 Å². The van der Waals surface area contributed by atoms with E-state index >= 15 is 0 Å². The van der Waals surface area contributed by atoms with Crippen LogP contribution < -0.4 is 0 Å². The highest BCUT2D eigenvalue weighted by atomic mass is 13.9. The van der Waals surface area contributed by atoms with E-state index in [1.807, 2.05) is 0 Å². The Bertz CT molecular complexity index is 192. The summed E-state index contributed by atoms with van der Waals surface area (Å²) in [6.07, 6.45) is 10.9. The molecule has 0 aromatic heterocycles. The molecule has 0 nitrogen and oxygen atoms in total.